The number of rotatable bonds is 8. The van der Waals surface area contributed by atoms with Crippen LogP contribution in [-0.2, 0) is 9.53 Å². The van der Waals surface area contributed by atoms with E-state index in [1.807, 2.05) is 11.6 Å². The van der Waals surface area contributed by atoms with Crippen molar-refractivity contribution in [3.63, 3.8) is 0 Å². The van der Waals surface area contributed by atoms with Gasteiger partial charge in [-0.25, -0.2) is 4.98 Å². The van der Waals surface area contributed by atoms with Crippen molar-refractivity contribution in [2.45, 2.75) is 70.9 Å². The quantitative estimate of drug-likeness (QED) is 0.703. The van der Waals surface area contributed by atoms with Crippen LogP contribution in [0.25, 0.3) is 0 Å². The van der Waals surface area contributed by atoms with E-state index in [9.17, 15) is 4.79 Å². The lowest BCUT2D eigenvalue weighted by molar-refractivity contribution is -0.123. The molecule has 1 aliphatic heterocycles. The molecule has 0 spiro atoms. The molecule has 0 unspecified atom stereocenters. The minimum atomic E-state index is 0.0839. The lowest BCUT2D eigenvalue weighted by atomic mass is 9.78. The third kappa shape index (κ3) is 6.54. The summed E-state index contributed by atoms with van der Waals surface area (Å²) in [6.07, 6.45) is 9.55. The maximum Gasteiger partial charge on any atom is 0.220 e. The Hall–Kier alpha value is -0.980. The first-order chi connectivity index (χ1) is 13.1. The number of nitrogens with one attached hydrogen (secondary N) is 2. The van der Waals surface area contributed by atoms with E-state index in [4.69, 9.17) is 4.74 Å². The predicted octanol–water partition coefficient (Wildman–Crippen LogP) is 3.92. The number of hydrogen-bond donors (Lipinski definition) is 2. The van der Waals surface area contributed by atoms with Gasteiger partial charge >= 0.3 is 0 Å². The molecule has 2 aliphatic rings. The Morgan fingerprint density at radius 1 is 1.22 bits per heavy atom. The van der Waals surface area contributed by atoms with Crippen molar-refractivity contribution < 1.29 is 9.53 Å². The third-order valence-corrected chi connectivity index (χ3v) is 6.77. The minimum Gasteiger partial charge on any atom is -0.381 e. The van der Waals surface area contributed by atoms with Crippen molar-refractivity contribution in [2.75, 3.05) is 19.8 Å². The average Bonchev–Trinajstić information content (AvgIpc) is 3.20. The fourth-order valence-electron chi connectivity index (χ4n) is 4.33. The second kappa shape index (κ2) is 10.5. The van der Waals surface area contributed by atoms with Crippen molar-refractivity contribution in [3.8, 4) is 0 Å². The summed E-state index contributed by atoms with van der Waals surface area (Å²) >= 11 is 1.67. The molecule has 5 nitrogen and oxygen atoms in total. The number of hydrogen-bond acceptors (Lipinski definition) is 5. The molecule has 27 heavy (non-hydrogen) atoms. The topological polar surface area (TPSA) is 63.2 Å². The maximum absolute atomic E-state index is 12.4. The van der Waals surface area contributed by atoms with Crippen LogP contribution in [0, 0.1) is 17.8 Å². The van der Waals surface area contributed by atoms with Crippen LogP contribution in [0.2, 0.25) is 0 Å². The second-order valence-electron chi connectivity index (χ2n) is 8.59. The number of carbonyl (C=O) groups is 1. The van der Waals surface area contributed by atoms with Gasteiger partial charge in [0.2, 0.25) is 5.91 Å². The first-order valence-electron chi connectivity index (χ1n) is 10.6. The van der Waals surface area contributed by atoms with Gasteiger partial charge in [-0.05, 0) is 62.8 Å². The van der Waals surface area contributed by atoms with Crippen LogP contribution in [0.4, 0.5) is 0 Å². The summed E-state index contributed by atoms with van der Waals surface area (Å²) in [5, 5.41) is 10.1. The highest BCUT2D eigenvalue weighted by Crippen LogP contribution is 2.37. The predicted molar refractivity (Wildman–Crippen MR) is 110 cm³/mol. The number of nitrogens with zero attached hydrogens (tertiary/aromatic N) is 1. The molecule has 0 radical (unpaired) electrons. The smallest absolute Gasteiger partial charge is 0.220 e. The Balaban J connectivity index is 1.49. The molecule has 1 atom stereocenters. The van der Waals surface area contributed by atoms with E-state index in [0.29, 0.717) is 24.3 Å². The van der Waals surface area contributed by atoms with Gasteiger partial charge in [0, 0.05) is 37.3 Å². The van der Waals surface area contributed by atoms with Crippen LogP contribution in [-0.4, -0.2) is 36.7 Å². The summed E-state index contributed by atoms with van der Waals surface area (Å²) in [6.45, 7) is 7.11. The van der Waals surface area contributed by atoms with Crippen molar-refractivity contribution in [3.05, 3.63) is 16.6 Å². The number of thiazole rings is 1. The lowest BCUT2D eigenvalue weighted by Crippen LogP contribution is -2.40. The Bertz CT molecular complexity index is 550. The van der Waals surface area contributed by atoms with Gasteiger partial charge in [0.15, 0.2) is 0 Å². The van der Waals surface area contributed by atoms with Crippen LogP contribution >= 0.6 is 11.3 Å². The Kier molecular flexibility index (Phi) is 8.09. The number of ether oxygens (including phenoxy) is 1. The van der Waals surface area contributed by atoms with Gasteiger partial charge in [0.25, 0.3) is 0 Å². The fraction of sp³-hybridized carbons (Fsp3) is 0.810. The van der Waals surface area contributed by atoms with Crippen LogP contribution in [0.15, 0.2) is 11.6 Å². The van der Waals surface area contributed by atoms with Gasteiger partial charge in [-0.3, -0.25) is 4.79 Å². The normalized spacial score (nSPS) is 25.4. The molecule has 2 heterocycles. The summed E-state index contributed by atoms with van der Waals surface area (Å²) in [5.41, 5.74) is 0. The molecule has 1 saturated carbocycles. The van der Waals surface area contributed by atoms with Crippen LogP contribution in [0.5, 0.6) is 0 Å². The van der Waals surface area contributed by atoms with E-state index in [2.05, 4.69) is 29.5 Å². The number of carbonyl (C=O) groups excluding carboxylic acids is 1. The molecule has 1 aromatic heterocycles. The van der Waals surface area contributed by atoms with Gasteiger partial charge in [0.05, 0.1) is 6.04 Å². The summed E-state index contributed by atoms with van der Waals surface area (Å²) in [7, 11) is 0. The first kappa shape index (κ1) is 20.7. The van der Waals surface area contributed by atoms with E-state index in [-0.39, 0.29) is 11.9 Å². The van der Waals surface area contributed by atoms with Gasteiger partial charge in [-0.1, -0.05) is 13.8 Å². The van der Waals surface area contributed by atoms with Crippen LogP contribution in [0.1, 0.15) is 69.8 Å². The van der Waals surface area contributed by atoms with Gasteiger partial charge in [-0.2, -0.15) is 0 Å². The monoisotopic (exact) mass is 393 g/mol. The highest BCUT2D eigenvalue weighted by molar-refractivity contribution is 7.09. The zero-order valence-electron chi connectivity index (χ0n) is 16.8. The SMILES string of the molecule is CC(C)CC(=O)N[C@H](c1nccs1)C1CCC(CNC2CCOCC2)CC1. The molecule has 1 amide bonds. The molecular formula is C21H35N3O2S. The van der Waals surface area contributed by atoms with Crippen molar-refractivity contribution in [2.24, 2.45) is 17.8 Å². The highest BCUT2D eigenvalue weighted by atomic mass is 32.1. The maximum atomic E-state index is 12.4. The number of aromatic nitrogens is 1. The van der Waals surface area contributed by atoms with Crippen molar-refractivity contribution >= 4 is 17.2 Å². The molecule has 1 aromatic rings. The molecule has 2 fully saturated rings. The highest BCUT2D eigenvalue weighted by Gasteiger charge is 2.31. The molecule has 1 aliphatic carbocycles. The molecule has 1 saturated heterocycles. The van der Waals surface area contributed by atoms with Crippen molar-refractivity contribution in [1.29, 1.82) is 0 Å². The Morgan fingerprint density at radius 3 is 2.59 bits per heavy atom. The lowest BCUT2D eigenvalue weighted by Gasteiger charge is -2.34. The molecule has 0 aromatic carbocycles. The summed E-state index contributed by atoms with van der Waals surface area (Å²) in [6, 6.07) is 0.718. The van der Waals surface area contributed by atoms with Gasteiger partial charge < -0.3 is 15.4 Å². The van der Waals surface area contributed by atoms with E-state index in [0.717, 1.165) is 43.5 Å². The third-order valence-electron chi connectivity index (χ3n) is 5.91. The zero-order valence-corrected chi connectivity index (χ0v) is 17.6. The average molecular weight is 394 g/mol. The largest absolute Gasteiger partial charge is 0.381 e. The molecule has 0 bridgehead atoms. The van der Waals surface area contributed by atoms with E-state index in [1.165, 1.54) is 25.7 Å². The van der Waals surface area contributed by atoms with E-state index in [1.54, 1.807) is 11.3 Å². The summed E-state index contributed by atoms with van der Waals surface area (Å²) < 4.78 is 5.44. The summed E-state index contributed by atoms with van der Waals surface area (Å²) in [5.74, 6) is 1.81. The fourth-order valence-corrected chi connectivity index (χ4v) is 5.11. The van der Waals surface area contributed by atoms with Crippen molar-refractivity contribution in [1.82, 2.24) is 15.6 Å². The Labute approximate surface area is 167 Å². The summed E-state index contributed by atoms with van der Waals surface area (Å²) in [4.78, 5) is 16.9. The molecular weight excluding hydrogens is 358 g/mol. The van der Waals surface area contributed by atoms with Crippen LogP contribution in [0.3, 0.4) is 0 Å². The molecule has 152 valence electrons. The molecule has 2 N–H and O–H groups in total. The second-order valence-corrected chi connectivity index (χ2v) is 9.52. The number of amides is 1. The first-order valence-corrected chi connectivity index (χ1v) is 11.5. The van der Waals surface area contributed by atoms with E-state index >= 15 is 0 Å². The van der Waals surface area contributed by atoms with E-state index < -0.39 is 0 Å². The van der Waals surface area contributed by atoms with Gasteiger partial charge in [0.1, 0.15) is 5.01 Å². The molecule has 6 heteroatoms. The van der Waals surface area contributed by atoms with Gasteiger partial charge in [-0.15, -0.1) is 11.3 Å². The minimum absolute atomic E-state index is 0.0839. The molecule has 3 rings (SSSR count). The Morgan fingerprint density at radius 2 is 1.96 bits per heavy atom. The standard InChI is InChI=1S/C21H35N3O2S/c1-15(2)13-19(25)24-20(21-22-9-12-27-21)17-5-3-16(4-6-17)14-23-18-7-10-26-11-8-18/h9,12,15-18,20,23H,3-8,10-11,13-14H2,1-2H3,(H,24,25)/t16?,17?,20-/m0/s1. The van der Waals surface area contributed by atoms with Crippen LogP contribution < -0.4 is 10.6 Å². The zero-order chi connectivity index (χ0) is 19.1.